The summed E-state index contributed by atoms with van der Waals surface area (Å²) in [6, 6.07) is 43.7. The summed E-state index contributed by atoms with van der Waals surface area (Å²) in [5, 5.41) is 0.393. The first-order chi connectivity index (χ1) is 25.0. The Bertz CT molecular complexity index is 2490. The molecule has 1 unspecified atom stereocenters. The van der Waals surface area contributed by atoms with Gasteiger partial charge in [0.2, 0.25) is 0 Å². The van der Waals surface area contributed by atoms with Gasteiger partial charge in [-0.05, 0) is 114 Å². The van der Waals surface area contributed by atoms with Crippen molar-refractivity contribution in [1.29, 1.82) is 0 Å². The third kappa shape index (κ3) is 6.34. The molecule has 250 valence electrons. The van der Waals surface area contributed by atoms with Crippen molar-refractivity contribution in [1.82, 2.24) is 8.75 Å². The minimum absolute atomic E-state index is 0.393. The van der Waals surface area contributed by atoms with Crippen LogP contribution in [0.1, 0.15) is 33.2 Å². The quantitative estimate of drug-likeness (QED) is 0.153. The van der Waals surface area contributed by atoms with E-state index in [1.165, 1.54) is 57.7 Å². The van der Waals surface area contributed by atoms with Crippen LogP contribution in [0.3, 0.4) is 0 Å². The SMILES string of the molecule is Cc1cc(-c2ccc(-c3cc(C)c(-c4ccc(Br)s4)s3)c3nsnc23)sc1C1=CCC(c2ccc(N(c3ccccc3)c3ccccc3)cc2)S1. The van der Waals surface area contributed by atoms with Gasteiger partial charge in [-0.1, -0.05) is 66.7 Å². The van der Waals surface area contributed by atoms with E-state index in [4.69, 9.17) is 8.75 Å². The highest BCUT2D eigenvalue weighted by molar-refractivity contribution is 9.11. The molecule has 0 N–H and O–H groups in total. The molecule has 1 atom stereocenters. The molecule has 9 rings (SSSR count). The monoisotopic (exact) mass is 815 g/mol. The van der Waals surface area contributed by atoms with Gasteiger partial charge in [0.25, 0.3) is 0 Å². The second-order valence-corrected chi connectivity index (χ2v) is 18.8. The fourth-order valence-corrected chi connectivity index (χ4v) is 12.7. The summed E-state index contributed by atoms with van der Waals surface area (Å²) < 4.78 is 10.8. The van der Waals surface area contributed by atoms with E-state index in [0.29, 0.717) is 5.25 Å². The lowest BCUT2D eigenvalue weighted by Gasteiger charge is -2.25. The minimum atomic E-state index is 0.393. The lowest BCUT2D eigenvalue weighted by atomic mass is 10.0. The fourth-order valence-electron chi connectivity index (χ4n) is 6.67. The van der Waals surface area contributed by atoms with Crippen molar-refractivity contribution in [3.05, 3.63) is 153 Å². The number of benzene rings is 4. The predicted octanol–water partition coefficient (Wildman–Crippen LogP) is 14.9. The lowest BCUT2D eigenvalue weighted by molar-refractivity contribution is 0.990. The van der Waals surface area contributed by atoms with Crippen molar-refractivity contribution in [3.63, 3.8) is 0 Å². The van der Waals surface area contributed by atoms with Crippen LogP contribution in [0.5, 0.6) is 0 Å². The zero-order chi connectivity index (χ0) is 34.5. The molecule has 4 aromatic heterocycles. The molecule has 0 bridgehead atoms. The molecule has 0 aliphatic carbocycles. The first-order valence-corrected chi connectivity index (χ1v) is 21.5. The summed E-state index contributed by atoms with van der Waals surface area (Å²) in [6.45, 7) is 4.44. The van der Waals surface area contributed by atoms with Crippen molar-refractivity contribution >= 4 is 106 Å². The molecule has 0 amide bonds. The molecule has 4 aromatic carbocycles. The van der Waals surface area contributed by atoms with Crippen LogP contribution in [-0.2, 0) is 0 Å². The average molecular weight is 817 g/mol. The van der Waals surface area contributed by atoms with Crippen molar-refractivity contribution in [2.45, 2.75) is 25.5 Å². The molecule has 5 heterocycles. The number of halogens is 1. The largest absolute Gasteiger partial charge is 0.311 e. The molecule has 0 saturated carbocycles. The van der Waals surface area contributed by atoms with Gasteiger partial charge >= 0.3 is 0 Å². The van der Waals surface area contributed by atoms with Gasteiger partial charge in [0.1, 0.15) is 11.0 Å². The third-order valence-corrected chi connectivity index (χ3v) is 15.6. The molecule has 3 nitrogen and oxygen atoms in total. The molecule has 8 aromatic rings. The van der Waals surface area contributed by atoms with Crippen LogP contribution in [0.2, 0.25) is 0 Å². The van der Waals surface area contributed by atoms with Crippen molar-refractivity contribution in [2.75, 3.05) is 4.90 Å². The number of thiophene rings is 3. The first kappa shape index (κ1) is 33.0. The standard InChI is InChI=1S/C42H30BrN3S5/c1-25-23-36(31-17-18-32(40-39(31)44-51-45-40)37-24-26(2)42(50-37)35-21-22-38(43)48-35)49-41(25)34-20-19-33(47-34)27-13-15-30(16-14-27)46(28-9-5-3-6-10-28)29-11-7-4-8-12-29/h3-18,20-24,33H,19H2,1-2H3. The zero-order valence-corrected chi connectivity index (χ0v) is 33.3. The number of aromatic nitrogens is 2. The van der Waals surface area contributed by atoms with Gasteiger partial charge in [0, 0.05) is 62.7 Å². The van der Waals surface area contributed by atoms with Gasteiger partial charge in [0.15, 0.2) is 0 Å². The van der Waals surface area contributed by atoms with Gasteiger partial charge in [0.05, 0.1) is 15.5 Å². The van der Waals surface area contributed by atoms with Crippen LogP contribution in [0.25, 0.3) is 46.6 Å². The number of hydrogen-bond donors (Lipinski definition) is 0. The summed E-state index contributed by atoms with van der Waals surface area (Å²) in [5.41, 5.74) is 11.7. The van der Waals surface area contributed by atoms with E-state index in [0.717, 1.165) is 49.4 Å². The second kappa shape index (κ2) is 14.0. The van der Waals surface area contributed by atoms with Gasteiger partial charge in [-0.2, -0.15) is 8.75 Å². The molecule has 51 heavy (non-hydrogen) atoms. The molecule has 1 aliphatic heterocycles. The highest BCUT2D eigenvalue weighted by atomic mass is 79.9. The Morgan fingerprint density at radius 2 is 1.18 bits per heavy atom. The Labute approximate surface area is 326 Å². The molecule has 1 aliphatic rings. The molecular formula is C42H30BrN3S5. The smallest absolute Gasteiger partial charge is 0.114 e. The van der Waals surface area contributed by atoms with Crippen LogP contribution in [0.15, 0.2) is 131 Å². The summed E-state index contributed by atoms with van der Waals surface area (Å²) in [5.74, 6) is 0. The van der Waals surface area contributed by atoms with E-state index < -0.39 is 0 Å². The van der Waals surface area contributed by atoms with Gasteiger partial charge in [-0.15, -0.1) is 45.8 Å². The Kier molecular flexibility index (Phi) is 9.04. The predicted molar refractivity (Wildman–Crippen MR) is 229 cm³/mol. The topological polar surface area (TPSA) is 29.0 Å². The number of para-hydroxylation sites is 2. The molecule has 0 radical (unpaired) electrons. The normalized spacial score (nSPS) is 14.3. The minimum Gasteiger partial charge on any atom is -0.311 e. The van der Waals surface area contributed by atoms with E-state index in [1.807, 2.05) is 34.4 Å². The first-order valence-electron chi connectivity index (χ1n) is 16.6. The van der Waals surface area contributed by atoms with Crippen LogP contribution in [0, 0.1) is 13.8 Å². The average Bonchev–Trinajstić information content (AvgIpc) is 4.01. The Morgan fingerprint density at radius 1 is 0.608 bits per heavy atom. The number of anilines is 3. The fraction of sp³-hybridized carbons (Fsp3) is 0.0952. The molecule has 0 fully saturated rings. The van der Waals surface area contributed by atoms with Gasteiger partial charge in [-0.25, -0.2) is 0 Å². The van der Waals surface area contributed by atoms with E-state index >= 15 is 0 Å². The number of allylic oxidation sites excluding steroid dienone is 1. The van der Waals surface area contributed by atoms with Crippen molar-refractivity contribution < 1.29 is 0 Å². The highest BCUT2D eigenvalue weighted by Gasteiger charge is 2.25. The maximum absolute atomic E-state index is 4.83. The number of nitrogens with zero attached hydrogens (tertiary/aromatic N) is 3. The van der Waals surface area contributed by atoms with Crippen LogP contribution >= 0.6 is 73.4 Å². The summed E-state index contributed by atoms with van der Waals surface area (Å²) >= 11 is 12.4. The Hall–Kier alpha value is -3.83. The van der Waals surface area contributed by atoms with Gasteiger partial charge < -0.3 is 4.90 Å². The maximum Gasteiger partial charge on any atom is 0.114 e. The van der Waals surface area contributed by atoms with Crippen LogP contribution in [0.4, 0.5) is 17.1 Å². The molecular weight excluding hydrogens is 787 g/mol. The highest BCUT2D eigenvalue weighted by Crippen LogP contribution is 2.52. The van der Waals surface area contributed by atoms with Crippen LogP contribution < -0.4 is 4.90 Å². The number of thioether (sulfide) groups is 1. The van der Waals surface area contributed by atoms with E-state index in [9.17, 15) is 0 Å². The molecule has 0 saturated heterocycles. The summed E-state index contributed by atoms with van der Waals surface area (Å²) in [6.07, 6.45) is 3.45. The number of fused-ring (bicyclic) bond motifs is 1. The number of hydrogen-bond acceptors (Lipinski definition) is 8. The second-order valence-electron chi connectivity index (χ2n) is 12.5. The third-order valence-electron chi connectivity index (χ3n) is 9.14. The lowest BCUT2D eigenvalue weighted by Crippen LogP contribution is -2.09. The van der Waals surface area contributed by atoms with Gasteiger partial charge in [-0.3, -0.25) is 0 Å². The Morgan fingerprint density at radius 3 is 1.76 bits per heavy atom. The van der Waals surface area contributed by atoms with Crippen molar-refractivity contribution in [3.8, 4) is 30.6 Å². The van der Waals surface area contributed by atoms with Crippen molar-refractivity contribution in [2.24, 2.45) is 0 Å². The van der Waals surface area contributed by atoms with E-state index in [1.54, 1.807) is 11.3 Å². The Balaban J connectivity index is 0.958. The molecule has 0 spiro atoms. The van der Waals surface area contributed by atoms with Crippen LogP contribution in [-0.4, -0.2) is 8.75 Å². The number of rotatable bonds is 8. The van der Waals surface area contributed by atoms with E-state index in [-0.39, 0.29) is 0 Å². The zero-order valence-electron chi connectivity index (χ0n) is 27.7. The molecule has 9 heteroatoms. The summed E-state index contributed by atoms with van der Waals surface area (Å²) in [4.78, 5) is 10.1. The maximum atomic E-state index is 4.83. The van der Waals surface area contributed by atoms with E-state index in [2.05, 4.69) is 162 Å². The summed E-state index contributed by atoms with van der Waals surface area (Å²) in [7, 11) is 0. The number of aryl methyl sites for hydroxylation is 2.